The molecule has 3 aromatic carbocycles. The molecule has 0 aliphatic heterocycles. The van der Waals surface area contributed by atoms with Gasteiger partial charge in [0.2, 0.25) is 0 Å². The number of unbranched alkanes of at least 4 members (excludes halogenated alkanes) is 1. The van der Waals surface area contributed by atoms with Crippen molar-refractivity contribution in [1.82, 2.24) is 5.32 Å². The minimum absolute atomic E-state index is 0.0175. The van der Waals surface area contributed by atoms with Crippen LogP contribution in [0.3, 0.4) is 0 Å². The number of nitrogens with one attached hydrogen (secondary N) is 1. The third kappa shape index (κ3) is 4.76. The molecule has 0 saturated heterocycles. The van der Waals surface area contributed by atoms with Gasteiger partial charge in [0.05, 0.1) is 6.04 Å². The van der Waals surface area contributed by atoms with E-state index >= 15 is 0 Å². The van der Waals surface area contributed by atoms with Crippen LogP contribution < -0.4 is 5.32 Å². The zero-order valence-electron chi connectivity index (χ0n) is 17.1. The molecule has 1 N–H and O–H groups in total. The number of amides is 1. The van der Waals surface area contributed by atoms with Crippen molar-refractivity contribution >= 4 is 5.91 Å². The van der Waals surface area contributed by atoms with E-state index in [-0.39, 0.29) is 11.9 Å². The second-order valence-electron chi connectivity index (χ2n) is 8.11. The third-order valence-electron chi connectivity index (χ3n) is 6.03. The summed E-state index contributed by atoms with van der Waals surface area (Å²) in [6.45, 7) is 2.24. The van der Waals surface area contributed by atoms with Crippen molar-refractivity contribution in [2.45, 2.75) is 38.6 Å². The average Bonchev–Trinajstić information content (AvgIpc) is 3.56. The summed E-state index contributed by atoms with van der Waals surface area (Å²) in [7, 11) is 0. The summed E-state index contributed by atoms with van der Waals surface area (Å²) < 4.78 is 0. The van der Waals surface area contributed by atoms with Gasteiger partial charge in [0.25, 0.3) is 5.91 Å². The third-order valence-corrected chi connectivity index (χ3v) is 6.03. The smallest absolute Gasteiger partial charge is 0.251 e. The van der Waals surface area contributed by atoms with Gasteiger partial charge in [-0.1, -0.05) is 99.0 Å². The molecule has 0 heterocycles. The Morgan fingerprint density at radius 1 is 0.897 bits per heavy atom. The quantitative estimate of drug-likeness (QED) is 0.463. The first-order valence-electron chi connectivity index (χ1n) is 10.8. The molecule has 1 aliphatic carbocycles. The van der Waals surface area contributed by atoms with E-state index in [1.165, 1.54) is 42.4 Å². The summed E-state index contributed by atoms with van der Waals surface area (Å²) in [6, 6.07) is 28.8. The van der Waals surface area contributed by atoms with Crippen LogP contribution in [0, 0.1) is 11.8 Å². The molecule has 29 heavy (non-hydrogen) atoms. The summed E-state index contributed by atoms with van der Waals surface area (Å²) in [4.78, 5) is 12.9. The number of carbonyl (C=O) groups is 1. The van der Waals surface area contributed by atoms with E-state index in [1.807, 2.05) is 36.4 Å². The van der Waals surface area contributed by atoms with Crippen molar-refractivity contribution in [3.63, 3.8) is 0 Å². The van der Waals surface area contributed by atoms with Gasteiger partial charge < -0.3 is 5.32 Å². The Morgan fingerprint density at radius 3 is 2.17 bits per heavy atom. The summed E-state index contributed by atoms with van der Waals surface area (Å²) in [5.74, 6) is 1.28. The maximum absolute atomic E-state index is 12.9. The van der Waals surface area contributed by atoms with E-state index in [1.54, 1.807) is 0 Å². The maximum atomic E-state index is 12.9. The van der Waals surface area contributed by atoms with Crippen molar-refractivity contribution in [1.29, 1.82) is 0 Å². The van der Waals surface area contributed by atoms with Crippen LogP contribution in [-0.2, 0) is 0 Å². The highest BCUT2D eigenvalue weighted by atomic mass is 16.1. The minimum atomic E-state index is 0.0175. The Labute approximate surface area is 174 Å². The van der Waals surface area contributed by atoms with Gasteiger partial charge in [-0.2, -0.15) is 0 Å². The fraction of sp³-hybridized carbons (Fsp3) is 0.296. The van der Waals surface area contributed by atoms with Crippen molar-refractivity contribution in [3.05, 3.63) is 96.1 Å². The highest BCUT2D eigenvalue weighted by molar-refractivity contribution is 5.94. The highest BCUT2D eigenvalue weighted by Crippen LogP contribution is 2.50. The van der Waals surface area contributed by atoms with Crippen molar-refractivity contribution in [3.8, 4) is 11.1 Å². The minimum Gasteiger partial charge on any atom is -0.345 e. The van der Waals surface area contributed by atoms with Crippen LogP contribution in [-0.4, -0.2) is 5.91 Å². The zero-order chi connectivity index (χ0) is 20.1. The molecule has 0 radical (unpaired) electrons. The van der Waals surface area contributed by atoms with Crippen LogP contribution in [0.1, 0.15) is 54.6 Å². The Kier molecular flexibility index (Phi) is 6.09. The van der Waals surface area contributed by atoms with Gasteiger partial charge in [-0.3, -0.25) is 4.79 Å². The van der Waals surface area contributed by atoms with Crippen LogP contribution in [0.5, 0.6) is 0 Å². The molecule has 1 aliphatic rings. The van der Waals surface area contributed by atoms with Gasteiger partial charge in [0, 0.05) is 5.56 Å². The van der Waals surface area contributed by atoms with Crippen LogP contribution >= 0.6 is 0 Å². The fourth-order valence-corrected chi connectivity index (χ4v) is 4.24. The second kappa shape index (κ2) is 9.09. The zero-order valence-corrected chi connectivity index (χ0v) is 17.1. The van der Waals surface area contributed by atoms with E-state index in [2.05, 4.69) is 60.8 Å². The topological polar surface area (TPSA) is 29.1 Å². The van der Waals surface area contributed by atoms with Gasteiger partial charge in [0.1, 0.15) is 0 Å². The lowest BCUT2D eigenvalue weighted by atomic mass is 9.96. The molecule has 1 amide bonds. The molecule has 1 saturated carbocycles. The standard InChI is InChI=1S/C27H29NO/c1-2-3-10-24-19-25(24)26(28-27(29)23-13-8-5-9-14-23)22-17-15-21(16-18-22)20-11-6-4-7-12-20/h4-9,11-18,24-26H,2-3,10,19H2,1H3,(H,28,29)/t24-,25-,26+/m1/s1. The molecule has 0 spiro atoms. The van der Waals surface area contributed by atoms with Crippen LogP contribution in [0.15, 0.2) is 84.9 Å². The van der Waals surface area contributed by atoms with E-state index in [0.29, 0.717) is 5.92 Å². The van der Waals surface area contributed by atoms with Gasteiger partial charge >= 0.3 is 0 Å². The lowest BCUT2D eigenvalue weighted by molar-refractivity contribution is 0.0930. The number of benzene rings is 3. The van der Waals surface area contributed by atoms with Crippen molar-refractivity contribution in [2.75, 3.05) is 0 Å². The first-order valence-corrected chi connectivity index (χ1v) is 10.8. The highest BCUT2D eigenvalue weighted by Gasteiger charge is 2.43. The van der Waals surface area contributed by atoms with E-state index in [9.17, 15) is 4.79 Å². The molecule has 0 bridgehead atoms. The number of carbonyl (C=O) groups excluding carboxylic acids is 1. The molecule has 1 fully saturated rings. The molecule has 3 aromatic rings. The lowest BCUT2D eigenvalue weighted by Crippen LogP contribution is -2.30. The van der Waals surface area contributed by atoms with Gasteiger partial charge in [-0.15, -0.1) is 0 Å². The van der Waals surface area contributed by atoms with Crippen molar-refractivity contribution in [2.24, 2.45) is 11.8 Å². The summed E-state index contributed by atoms with van der Waals surface area (Å²) >= 11 is 0. The molecule has 3 atom stereocenters. The Morgan fingerprint density at radius 2 is 1.52 bits per heavy atom. The first kappa shape index (κ1) is 19.4. The molecule has 0 unspecified atom stereocenters. The van der Waals surface area contributed by atoms with Gasteiger partial charge in [-0.05, 0) is 47.1 Å². The maximum Gasteiger partial charge on any atom is 0.251 e. The molecule has 4 rings (SSSR count). The summed E-state index contributed by atoms with van der Waals surface area (Å²) in [5, 5.41) is 3.34. The van der Waals surface area contributed by atoms with Crippen LogP contribution in [0.2, 0.25) is 0 Å². The average molecular weight is 384 g/mol. The molecule has 148 valence electrons. The summed E-state index contributed by atoms with van der Waals surface area (Å²) in [6.07, 6.45) is 4.98. The SMILES string of the molecule is CCCC[C@@H]1C[C@H]1[C@@H](NC(=O)c1ccccc1)c1ccc(-c2ccccc2)cc1. The summed E-state index contributed by atoms with van der Waals surface area (Å²) in [5.41, 5.74) is 4.36. The Balaban J connectivity index is 1.54. The largest absolute Gasteiger partial charge is 0.345 e. The van der Waals surface area contributed by atoms with Crippen LogP contribution in [0.4, 0.5) is 0 Å². The first-order chi connectivity index (χ1) is 14.3. The number of rotatable bonds is 8. The molecule has 2 nitrogen and oxygen atoms in total. The Bertz CT molecular complexity index is 918. The number of hydrogen-bond acceptors (Lipinski definition) is 1. The van der Waals surface area contributed by atoms with Gasteiger partial charge in [-0.25, -0.2) is 0 Å². The lowest BCUT2D eigenvalue weighted by Gasteiger charge is -2.20. The van der Waals surface area contributed by atoms with E-state index in [0.717, 1.165) is 11.5 Å². The van der Waals surface area contributed by atoms with Gasteiger partial charge in [0.15, 0.2) is 0 Å². The molecule has 2 heteroatoms. The van der Waals surface area contributed by atoms with E-state index < -0.39 is 0 Å². The predicted molar refractivity (Wildman–Crippen MR) is 120 cm³/mol. The molecule has 0 aromatic heterocycles. The van der Waals surface area contributed by atoms with E-state index in [4.69, 9.17) is 0 Å². The van der Waals surface area contributed by atoms with Crippen molar-refractivity contribution < 1.29 is 4.79 Å². The predicted octanol–water partition coefficient (Wildman–Crippen LogP) is 6.65. The number of hydrogen-bond donors (Lipinski definition) is 1. The molecular weight excluding hydrogens is 354 g/mol. The normalized spacial score (nSPS) is 18.8. The molecular formula is C27H29NO. The monoisotopic (exact) mass is 383 g/mol. The fourth-order valence-electron chi connectivity index (χ4n) is 4.24. The Hall–Kier alpha value is -2.87. The van der Waals surface area contributed by atoms with Crippen LogP contribution in [0.25, 0.3) is 11.1 Å². The second-order valence-corrected chi connectivity index (χ2v) is 8.11.